The topological polar surface area (TPSA) is 32.3 Å². The Balaban J connectivity index is 0.00000256. The van der Waals surface area contributed by atoms with Gasteiger partial charge in [0.25, 0.3) is 5.91 Å². The van der Waals surface area contributed by atoms with Crippen LogP contribution >= 0.6 is 35.3 Å². The fourth-order valence-corrected chi connectivity index (χ4v) is 5.62. The molecule has 1 aromatic heterocycles. The van der Waals surface area contributed by atoms with Gasteiger partial charge < -0.3 is 5.32 Å². The standard InChI is InChI=1S/C21H22ClF3N2OS.ClH/c1-11-16(22)15(18(24)19(25)17(11)23)21(28)26-20(12-7-9-29-10-12)14-6-5-13-4-2-3-8-27(13)14;/h7,9-10,13-14,20H,2-6,8H2,1H3,(H,26,28);1H/t13?,14?,20-;/m0./s1. The summed E-state index contributed by atoms with van der Waals surface area (Å²) in [5.41, 5.74) is 0.00616. The maximum absolute atomic E-state index is 14.4. The predicted octanol–water partition coefficient (Wildman–Crippen LogP) is 6.04. The third-order valence-corrected chi connectivity index (χ3v) is 7.35. The first-order valence-electron chi connectivity index (χ1n) is 9.81. The van der Waals surface area contributed by atoms with Gasteiger partial charge in [-0.2, -0.15) is 11.3 Å². The molecule has 9 heteroatoms. The van der Waals surface area contributed by atoms with Crippen LogP contribution in [0, 0.1) is 24.4 Å². The number of fused-ring (bicyclic) bond motifs is 1. The van der Waals surface area contributed by atoms with Crippen molar-refractivity contribution in [2.45, 2.75) is 57.2 Å². The van der Waals surface area contributed by atoms with Crippen molar-refractivity contribution in [1.82, 2.24) is 10.2 Å². The highest BCUT2D eigenvalue weighted by atomic mass is 35.5. The molecule has 0 aliphatic carbocycles. The Labute approximate surface area is 189 Å². The van der Waals surface area contributed by atoms with Crippen LogP contribution in [0.2, 0.25) is 5.02 Å². The summed E-state index contributed by atoms with van der Waals surface area (Å²) in [6.07, 6.45) is 5.43. The van der Waals surface area contributed by atoms with E-state index in [1.165, 1.54) is 24.7 Å². The van der Waals surface area contributed by atoms with Crippen molar-refractivity contribution in [2.75, 3.05) is 6.54 Å². The predicted molar refractivity (Wildman–Crippen MR) is 115 cm³/mol. The largest absolute Gasteiger partial charge is 0.343 e. The summed E-state index contributed by atoms with van der Waals surface area (Å²) in [6, 6.07) is 2.13. The first-order chi connectivity index (χ1) is 13.9. The Morgan fingerprint density at radius 2 is 1.97 bits per heavy atom. The normalized spacial score (nSPS) is 22.3. The van der Waals surface area contributed by atoms with E-state index in [2.05, 4.69) is 10.2 Å². The average molecular weight is 479 g/mol. The molecule has 2 saturated heterocycles. The summed E-state index contributed by atoms with van der Waals surface area (Å²) < 4.78 is 42.1. The van der Waals surface area contributed by atoms with Crippen molar-refractivity contribution in [3.05, 3.63) is 56.0 Å². The number of hydrogen-bond donors (Lipinski definition) is 1. The molecule has 2 aliphatic rings. The van der Waals surface area contributed by atoms with E-state index in [0.29, 0.717) is 6.04 Å². The Kier molecular flexibility index (Phi) is 7.38. The lowest BCUT2D eigenvalue weighted by atomic mass is 9.98. The lowest BCUT2D eigenvalue weighted by molar-refractivity contribution is 0.0858. The van der Waals surface area contributed by atoms with Crippen LogP contribution in [0.1, 0.15) is 59.6 Å². The fourth-order valence-electron chi connectivity index (χ4n) is 4.67. The highest BCUT2D eigenvalue weighted by Gasteiger charge is 2.41. The minimum absolute atomic E-state index is 0. The number of nitrogens with zero attached hydrogens (tertiary/aromatic N) is 1. The molecule has 3 nitrogen and oxygen atoms in total. The summed E-state index contributed by atoms with van der Waals surface area (Å²) in [4.78, 5) is 15.4. The van der Waals surface area contributed by atoms with Crippen LogP contribution in [0.25, 0.3) is 0 Å². The molecule has 0 bridgehead atoms. The third-order valence-electron chi connectivity index (χ3n) is 6.18. The Bertz CT molecular complexity index is 896. The van der Waals surface area contributed by atoms with Gasteiger partial charge in [-0.3, -0.25) is 9.69 Å². The molecule has 30 heavy (non-hydrogen) atoms. The smallest absolute Gasteiger partial charge is 0.256 e. The maximum atomic E-state index is 14.4. The van der Waals surface area contributed by atoms with Gasteiger partial charge in [-0.05, 0) is 61.5 Å². The van der Waals surface area contributed by atoms with Gasteiger partial charge in [0, 0.05) is 17.6 Å². The number of benzene rings is 1. The zero-order valence-corrected chi connectivity index (χ0v) is 18.8. The van der Waals surface area contributed by atoms with Gasteiger partial charge in [0.1, 0.15) is 0 Å². The number of carbonyl (C=O) groups excluding carboxylic acids is 1. The highest BCUT2D eigenvalue weighted by molar-refractivity contribution is 7.08. The monoisotopic (exact) mass is 478 g/mol. The van der Waals surface area contributed by atoms with Gasteiger partial charge in [-0.25, -0.2) is 13.2 Å². The second kappa shape index (κ2) is 9.47. The van der Waals surface area contributed by atoms with E-state index in [0.717, 1.165) is 37.8 Å². The Morgan fingerprint density at radius 3 is 2.67 bits per heavy atom. The number of nitrogens with one attached hydrogen (secondary N) is 1. The van der Waals surface area contributed by atoms with Gasteiger partial charge in [-0.1, -0.05) is 18.0 Å². The summed E-state index contributed by atoms with van der Waals surface area (Å²) in [6.45, 7) is 2.19. The van der Waals surface area contributed by atoms with Crippen molar-refractivity contribution in [3.63, 3.8) is 0 Å². The van der Waals surface area contributed by atoms with E-state index < -0.39 is 33.9 Å². The third kappa shape index (κ3) is 4.09. The molecule has 3 atom stereocenters. The van der Waals surface area contributed by atoms with Crippen LogP contribution < -0.4 is 5.32 Å². The maximum Gasteiger partial charge on any atom is 0.256 e. The van der Waals surface area contributed by atoms with Crippen LogP contribution in [0.3, 0.4) is 0 Å². The zero-order chi connectivity index (χ0) is 20.7. The number of amides is 1. The van der Waals surface area contributed by atoms with Crippen LogP contribution in [0.4, 0.5) is 13.2 Å². The molecule has 4 rings (SSSR count). The molecule has 2 fully saturated rings. The molecule has 164 valence electrons. The van der Waals surface area contributed by atoms with Crippen LogP contribution in [-0.4, -0.2) is 29.4 Å². The van der Waals surface area contributed by atoms with E-state index in [1.807, 2.05) is 16.8 Å². The summed E-state index contributed by atoms with van der Waals surface area (Å²) in [5, 5.41) is 6.36. The molecule has 2 unspecified atom stereocenters. The number of rotatable bonds is 4. The zero-order valence-electron chi connectivity index (χ0n) is 16.4. The van der Waals surface area contributed by atoms with Gasteiger partial charge in [-0.15, -0.1) is 12.4 Å². The lowest BCUT2D eigenvalue weighted by Crippen LogP contribution is -2.47. The fraction of sp³-hybridized carbons (Fsp3) is 0.476. The number of thiophene rings is 1. The first-order valence-corrected chi connectivity index (χ1v) is 11.1. The molecule has 1 amide bonds. The Hall–Kier alpha value is -1.28. The van der Waals surface area contributed by atoms with Crippen molar-refractivity contribution >= 4 is 41.3 Å². The minimum Gasteiger partial charge on any atom is -0.343 e. The summed E-state index contributed by atoms with van der Waals surface area (Å²) in [5.74, 6) is -5.43. The molecular formula is C21H23Cl2F3N2OS. The molecule has 0 spiro atoms. The van der Waals surface area contributed by atoms with Gasteiger partial charge in [0.15, 0.2) is 17.5 Å². The number of hydrogen-bond acceptors (Lipinski definition) is 3. The number of carbonyl (C=O) groups is 1. The Morgan fingerprint density at radius 1 is 1.20 bits per heavy atom. The molecule has 2 aromatic rings. The molecule has 1 aromatic carbocycles. The van der Waals surface area contributed by atoms with Crippen molar-refractivity contribution in [1.29, 1.82) is 0 Å². The van der Waals surface area contributed by atoms with E-state index in [-0.39, 0.29) is 30.1 Å². The van der Waals surface area contributed by atoms with Gasteiger partial charge in [0.2, 0.25) is 0 Å². The SMILES string of the molecule is Cc1c(F)c(F)c(F)c(C(=O)N[C@@H](c2ccsc2)C2CCC3CCCCN32)c1Cl.Cl. The van der Waals surface area contributed by atoms with Crippen LogP contribution in [0.15, 0.2) is 16.8 Å². The highest BCUT2D eigenvalue weighted by Crippen LogP contribution is 2.38. The van der Waals surface area contributed by atoms with Crippen molar-refractivity contribution in [3.8, 4) is 0 Å². The summed E-state index contributed by atoms with van der Waals surface area (Å²) >= 11 is 7.55. The van der Waals surface area contributed by atoms with Crippen molar-refractivity contribution < 1.29 is 18.0 Å². The van der Waals surface area contributed by atoms with Gasteiger partial charge >= 0.3 is 0 Å². The molecule has 3 heterocycles. The molecule has 0 saturated carbocycles. The first kappa shape index (κ1) is 23.4. The van der Waals surface area contributed by atoms with E-state index in [4.69, 9.17) is 11.6 Å². The average Bonchev–Trinajstić information content (AvgIpc) is 3.39. The number of piperidine rings is 1. The van der Waals surface area contributed by atoms with Crippen LogP contribution in [0.5, 0.6) is 0 Å². The molecular weight excluding hydrogens is 456 g/mol. The van der Waals surface area contributed by atoms with Crippen molar-refractivity contribution in [2.24, 2.45) is 0 Å². The number of halogens is 5. The van der Waals surface area contributed by atoms with Crippen LogP contribution in [-0.2, 0) is 0 Å². The van der Waals surface area contributed by atoms with E-state index >= 15 is 0 Å². The quantitative estimate of drug-likeness (QED) is 0.429. The van der Waals surface area contributed by atoms with E-state index in [9.17, 15) is 18.0 Å². The minimum atomic E-state index is -1.68. The lowest BCUT2D eigenvalue weighted by Gasteiger charge is -2.38. The van der Waals surface area contributed by atoms with E-state index in [1.54, 1.807) is 0 Å². The summed E-state index contributed by atoms with van der Waals surface area (Å²) in [7, 11) is 0. The molecule has 2 aliphatic heterocycles. The molecule has 0 radical (unpaired) electrons. The second-order valence-electron chi connectivity index (χ2n) is 7.80. The molecule has 1 N–H and O–H groups in total. The van der Waals surface area contributed by atoms with Gasteiger partial charge in [0.05, 0.1) is 16.6 Å². The second-order valence-corrected chi connectivity index (χ2v) is 8.95.